The summed E-state index contributed by atoms with van der Waals surface area (Å²) in [7, 11) is 0. The van der Waals surface area contributed by atoms with E-state index >= 15 is 0 Å². The molecule has 0 aromatic rings. The van der Waals surface area contributed by atoms with Gasteiger partial charge in [-0.15, -0.1) is 0 Å². The van der Waals surface area contributed by atoms with Crippen LogP contribution in [0.4, 0.5) is 0 Å². The van der Waals surface area contributed by atoms with Crippen molar-refractivity contribution in [2.24, 2.45) is 5.73 Å². The molecule has 0 rings (SSSR count). The highest BCUT2D eigenvalue weighted by molar-refractivity contribution is 7.99. The molecule has 2 heteroatoms. The van der Waals surface area contributed by atoms with Crippen molar-refractivity contribution in [2.75, 3.05) is 18.1 Å². The summed E-state index contributed by atoms with van der Waals surface area (Å²) in [6, 6.07) is 0. The minimum atomic E-state index is 0.632. The lowest BCUT2D eigenvalue weighted by atomic mass is 10.4. The molecule has 0 bridgehead atoms. The van der Waals surface area contributed by atoms with E-state index in [2.05, 4.69) is 13.5 Å². The first-order valence-corrected chi connectivity index (χ1v) is 3.91. The van der Waals surface area contributed by atoms with E-state index in [9.17, 15) is 0 Å². The zero-order valence-electron chi connectivity index (χ0n) is 5.31. The number of hydrogen-bond acceptors (Lipinski definition) is 2. The lowest BCUT2D eigenvalue weighted by Gasteiger charge is -1.97. The molecule has 0 aromatic heterocycles. The Morgan fingerprint density at radius 2 is 2.38 bits per heavy atom. The zero-order valence-corrected chi connectivity index (χ0v) is 6.13. The quantitative estimate of drug-likeness (QED) is 0.581. The Bertz CT molecular complexity index is 70.9. The fraction of sp³-hybridized carbons (Fsp3) is 0.667. The number of nitrogens with two attached hydrogens (primary N) is 1. The van der Waals surface area contributed by atoms with E-state index in [1.54, 1.807) is 0 Å². The predicted molar refractivity (Wildman–Crippen MR) is 41.2 cm³/mol. The van der Waals surface area contributed by atoms with E-state index in [0.29, 0.717) is 6.54 Å². The van der Waals surface area contributed by atoms with Gasteiger partial charge in [0, 0.05) is 12.3 Å². The highest BCUT2D eigenvalue weighted by Crippen LogP contribution is 2.02. The standard InChI is InChI=1S/C6H13NS/c1-3-8-5-6(2)4-7/h2-5,7H2,1H3. The van der Waals surface area contributed by atoms with Crippen molar-refractivity contribution in [2.45, 2.75) is 6.92 Å². The van der Waals surface area contributed by atoms with Gasteiger partial charge >= 0.3 is 0 Å². The molecule has 0 saturated carbocycles. The monoisotopic (exact) mass is 131 g/mol. The Morgan fingerprint density at radius 3 is 2.75 bits per heavy atom. The van der Waals surface area contributed by atoms with Gasteiger partial charge in [-0.05, 0) is 5.75 Å². The second-order valence-electron chi connectivity index (χ2n) is 1.59. The van der Waals surface area contributed by atoms with E-state index in [-0.39, 0.29) is 0 Å². The first kappa shape index (κ1) is 8.05. The smallest absolute Gasteiger partial charge is 0.0153 e. The van der Waals surface area contributed by atoms with Crippen molar-refractivity contribution in [3.63, 3.8) is 0 Å². The number of hydrogen-bond donors (Lipinski definition) is 1. The Morgan fingerprint density at radius 1 is 1.75 bits per heavy atom. The van der Waals surface area contributed by atoms with Gasteiger partial charge in [0.15, 0.2) is 0 Å². The molecule has 0 saturated heterocycles. The molecule has 0 heterocycles. The third-order valence-corrected chi connectivity index (χ3v) is 1.82. The second-order valence-corrected chi connectivity index (χ2v) is 2.87. The molecule has 2 N–H and O–H groups in total. The van der Waals surface area contributed by atoms with Crippen LogP contribution in [-0.4, -0.2) is 18.1 Å². The van der Waals surface area contributed by atoms with Crippen molar-refractivity contribution in [1.82, 2.24) is 0 Å². The van der Waals surface area contributed by atoms with Crippen LogP contribution in [-0.2, 0) is 0 Å². The van der Waals surface area contributed by atoms with E-state index in [1.807, 2.05) is 11.8 Å². The van der Waals surface area contributed by atoms with Gasteiger partial charge in [-0.1, -0.05) is 19.1 Å². The van der Waals surface area contributed by atoms with Crippen LogP contribution in [0.1, 0.15) is 6.92 Å². The molecule has 0 radical (unpaired) electrons. The Kier molecular flexibility index (Phi) is 5.22. The van der Waals surface area contributed by atoms with Crippen LogP contribution in [0.25, 0.3) is 0 Å². The maximum atomic E-state index is 5.30. The third-order valence-electron chi connectivity index (χ3n) is 0.799. The van der Waals surface area contributed by atoms with Crippen LogP contribution < -0.4 is 5.73 Å². The molecule has 1 nitrogen and oxygen atoms in total. The van der Waals surface area contributed by atoms with Gasteiger partial charge in [0.25, 0.3) is 0 Å². The molecule has 8 heavy (non-hydrogen) atoms. The Labute approximate surface area is 55.3 Å². The van der Waals surface area contributed by atoms with E-state index < -0.39 is 0 Å². The Hall–Kier alpha value is 0.0500. The van der Waals surface area contributed by atoms with Crippen molar-refractivity contribution in [3.05, 3.63) is 12.2 Å². The first-order chi connectivity index (χ1) is 3.81. The van der Waals surface area contributed by atoms with Crippen molar-refractivity contribution < 1.29 is 0 Å². The summed E-state index contributed by atoms with van der Waals surface area (Å²) in [6.07, 6.45) is 0. The maximum absolute atomic E-state index is 5.30. The average Bonchev–Trinajstić information content (AvgIpc) is 1.83. The zero-order chi connectivity index (χ0) is 6.41. The van der Waals surface area contributed by atoms with Gasteiger partial charge in [-0.3, -0.25) is 0 Å². The molecule has 0 amide bonds. The van der Waals surface area contributed by atoms with E-state index in [1.165, 1.54) is 0 Å². The van der Waals surface area contributed by atoms with Gasteiger partial charge in [-0.2, -0.15) is 11.8 Å². The summed E-state index contributed by atoms with van der Waals surface area (Å²) in [5.74, 6) is 2.17. The summed E-state index contributed by atoms with van der Waals surface area (Å²) in [6.45, 7) is 6.53. The predicted octanol–water partition coefficient (Wildman–Crippen LogP) is 1.25. The molecule has 0 unspecified atom stereocenters. The summed E-state index contributed by atoms with van der Waals surface area (Å²) in [5.41, 5.74) is 6.44. The second kappa shape index (κ2) is 5.19. The Balaban J connectivity index is 2.99. The first-order valence-electron chi connectivity index (χ1n) is 2.75. The molecule has 0 aliphatic heterocycles. The minimum Gasteiger partial charge on any atom is -0.327 e. The molecule has 0 aromatic carbocycles. The van der Waals surface area contributed by atoms with Crippen LogP contribution in [0.15, 0.2) is 12.2 Å². The number of thioether (sulfide) groups is 1. The van der Waals surface area contributed by atoms with Gasteiger partial charge in [0.05, 0.1) is 0 Å². The van der Waals surface area contributed by atoms with Crippen LogP contribution in [0.5, 0.6) is 0 Å². The van der Waals surface area contributed by atoms with Crippen LogP contribution in [0.2, 0.25) is 0 Å². The molecule has 48 valence electrons. The summed E-state index contributed by atoms with van der Waals surface area (Å²) < 4.78 is 0. The largest absolute Gasteiger partial charge is 0.327 e. The van der Waals surface area contributed by atoms with Gasteiger partial charge in [0.1, 0.15) is 0 Å². The summed E-state index contributed by atoms with van der Waals surface area (Å²) in [4.78, 5) is 0. The summed E-state index contributed by atoms with van der Waals surface area (Å²) >= 11 is 1.86. The lowest BCUT2D eigenvalue weighted by molar-refractivity contribution is 1.15. The molecule has 0 atom stereocenters. The van der Waals surface area contributed by atoms with Gasteiger partial charge in [0.2, 0.25) is 0 Å². The lowest BCUT2D eigenvalue weighted by Crippen LogP contribution is -2.03. The SMILES string of the molecule is C=C(CN)CSCC. The van der Waals surface area contributed by atoms with Gasteiger partial charge in [-0.25, -0.2) is 0 Å². The average molecular weight is 131 g/mol. The minimum absolute atomic E-state index is 0.632. The number of rotatable bonds is 4. The molecular formula is C6H13NS. The fourth-order valence-corrected chi connectivity index (χ4v) is 0.916. The highest BCUT2D eigenvalue weighted by Gasteiger charge is 1.87. The van der Waals surface area contributed by atoms with Crippen LogP contribution in [0.3, 0.4) is 0 Å². The highest BCUT2D eigenvalue weighted by atomic mass is 32.2. The molecule has 0 fully saturated rings. The van der Waals surface area contributed by atoms with E-state index in [4.69, 9.17) is 5.73 Å². The molecular weight excluding hydrogens is 118 g/mol. The van der Waals surface area contributed by atoms with Crippen molar-refractivity contribution in [1.29, 1.82) is 0 Å². The normalized spacial score (nSPS) is 9.25. The maximum Gasteiger partial charge on any atom is 0.0153 e. The van der Waals surface area contributed by atoms with Crippen LogP contribution >= 0.6 is 11.8 Å². The topological polar surface area (TPSA) is 26.0 Å². The van der Waals surface area contributed by atoms with Gasteiger partial charge < -0.3 is 5.73 Å². The molecule has 0 aliphatic rings. The van der Waals surface area contributed by atoms with Crippen LogP contribution in [0, 0.1) is 0 Å². The fourth-order valence-electron chi connectivity index (χ4n) is 0.305. The van der Waals surface area contributed by atoms with E-state index in [0.717, 1.165) is 17.1 Å². The third kappa shape index (κ3) is 4.22. The summed E-state index contributed by atoms with van der Waals surface area (Å²) in [5, 5.41) is 0. The van der Waals surface area contributed by atoms with Crippen molar-refractivity contribution >= 4 is 11.8 Å². The van der Waals surface area contributed by atoms with Crippen molar-refractivity contribution in [3.8, 4) is 0 Å². The molecule has 0 spiro atoms. The molecule has 0 aliphatic carbocycles.